The van der Waals surface area contributed by atoms with Crippen molar-refractivity contribution >= 4 is 11.4 Å². The number of hydrogen-bond acceptors (Lipinski definition) is 3. The van der Waals surface area contributed by atoms with Gasteiger partial charge in [0.25, 0.3) is 0 Å². The average molecular weight is 222 g/mol. The molecule has 0 heterocycles. The van der Waals surface area contributed by atoms with Crippen molar-refractivity contribution in [1.82, 2.24) is 0 Å². The number of benzene rings is 1. The molecule has 1 aromatic rings. The smallest absolute Gasteiger partial charge is 0.0661 e. The number of nitrogens with one attached hydrogen (secondary N) is 1. The largest absolute Gasteiger partial charge is 0.383 e. The molecule has 0 aliphatic carbocycles. The third-order valence-corrected chi connectivity index (χ3v) is 2.61. The summed E-state index contributed by atoms with van der Waals surface area (Å²) in [5, 5.41) is 3.45. The predicted molar refractivity (Wildman–Crippen MR) is 70.5 cm³/mol. The van der Waals surface area contributed by atoms with E-state index >= 15 is 0 Å². The van der Waals surface area contributed by atoms with Gasteiger partial charge in [0.2, 0.25) is 0 Å². The van der Waals surface area contributed by atoms with Gasteiger partial charge in [-0.1, -0.05) is 6.07 Å². The third kappa shape index (κ3) is 3.14. The Kier molecular flexibility index (Phi) is 4.62. The van der Waals surface area contributed by atoms with Gasteiger partial charge in [0.05, 0.1) is 6.61 Å². The van der Waals surface area contributed by atoms with Crippen LogP contribution in [0.15, 0.2) is 18.2 Å². The number of methoxy groups -OCH3 is 1. The highest BCUT2D eigenvalue weighted by atomic mass is 16.5. The lowest BCUT2D eigenvalue weighted by atomic mass is 10.1. The monoisotopic (exact) mass is 222 g/mol. The summed E-state index contributed by atoms with van der Waals surface area (Å²) >= 11 is 0. The van der Waals surface area contributed by atoms with Crippen molar-refractivity contribution in [3.63, 3.8) is 0 Å². The van der Waals surface area contributed by atoms with Crippen LogP contribution in [0.5, 0.6) is 0 Å². The maximum absolute atomic E-state index is 5.12. The van der Waals surface area contributed by atoms with Crippen molar-refractivity contribution in [2.75, 3.05) is 38.0 Å². The van der Waals surface area contributed by atoms with Crippen LogP contribution < -0.4 is 10.2 Å². The van der Waals surface area contributed by atoms with E-state index < -0.39 is 0 Å². The number of anilines is 2. The minimum Gasteiger partial charge on any atom is -0.383 e. The second kappa shape index (κ2) is 5.75. The Morgan fingerprint density at radius 3 is 2.62 bits per heavy atom. The van der Waals surface area contributed by atoms with Crippen molar-refractivity contribution in [2.24, 2.45) is 0 Å². The van der Waals surface area contributed by atoms with Crippen LogP contribution in [-0.4, -0.2) is 33.9 Å². The lowest BCUT2D eigenvalue weighted by Gasteiger charge is -2.21. The van der Waals surface area contributed by atoms with Gasteiger partial charge < -0.3 is 15.0 Å². The van der Waals surface area contributed by atoms with Gasteiger partial charge in [-0.25, -0.2) is 0 Å². The van der Waals surface area contributed by atoms with Crippen molar-refractivity contribution in [3.8, 4) is 0 Å². The van der Waals surface area contributed by atoms with E-state index in [0.717, 1.165) is 0 Å². The molecule has 0 saturated carbocycles. The molecule has 0 aliphatic heterocycles. The first-order chi connectivity index (χ1) is 7.56. The summed E-state index contributed by atoms with van der Waals surface area (Å²) in [6.45, 7) is 4.97. The lowest BCUT2D eigenvalue weighted by Crippen LogP contribution is -2.22. The Morgan fingerprint density at radius 2 is 2.06 bits per heavy atom. The predicted octanol–water partition coefficient (Wildman–Crippen LogP) is 2.51. The Balaban J connectivity index is 2.84. The van der Waals surface area contributed by atoms with E-state index in [4.69, 9.17) is 4.74 Å². The molecule has 0 aliphatic rings. The summed E-state index contributed by atoms with van der Waals surface area (Å²) in [6.07, 6.45) is 0. The fourth-order valence-electron chi connectivity index (χ4n) is 1.82. The molecular formula is C13H22N2O. The summed E-state index contributed by atoms with van der Waals surface area (Å²) in [5.74, 6) is 0. The van der Waals surface area contributed by atoms with Crippen LogP contribution in [0.1, 0.15) is 12.5 Å². The van der Waals surface area contributed by atoms with Crippen LogP contribution in [0.25, 0.3) is 0 Å². The highest BCUT2D eigenvalue weighted by molar-refractivity contribution is 5.65. The molecular weight excluding hydrogens is 200 g/mol. The molecule has 90 valence electrons. The molecule has 0 saturated heterocycles. The molecule has 0 bridgehead atoms. The summed E-state index contributed by atoms with van der Waals surface area (Å²) in [7, 11) is 5.84. The van der Waals surface area contributed by atoms with E-state index in [9.17, 15) is 0 Å². The van der Waals surface area contributed by atoms with E-state index in [-0.39, 0.29) is 0 Å². The maximum Gasteiger partial charge on any atom is 0.0661 e. The van der Waals surface area contributed by atoms with Crippen LogP contribution in [0.4, 0.5) is 11.4 Å². The second-order valence-electron chi connectivity index (χ2n) is 4.34. The number of hydrogen-bond donors (Lipinski definition) is 1. The lowest BCUT2D eigenvalue weighted by molar-refractivity contribution is 0.190. The molecule has 1 aromatic carbocycles. The van der Waals surface area contributed by atoms with Gasteiger partial charge in [0, 0.05) is 38.6 Å². The van der Waals surface area contributed by atoms with E-state index in [1.54, 1.807) is 7.11 Å². The van der Waals surface area contributed by atoms with Crippen molar-refractivity contribution in [1.29, 1.82) is 0 Å². The SMILES string of the molecule is COCC(C)Nc1cccc(N(C)C)c1C. The molecule has 1 N–H and O–H groups in total. The van der Waals surface area contributed by atoms with Crippen molar-refractivity contribution < 1.29 is 4.74 Å². The zero-order valence-corrected chi connectivity index (χ0v) is 10.9. The van der Waals surface area contributed by atoms with E-state index in [1.165, 1.54) is 16.9 Å². The number of nitrogens with zero attached hydrogens (tertiary/aromatic N) is 1. The first-order valence-electron chi connectivity index (χ1n) is 5.58. The summed E-state index contributed by atoms with van der Waals surface area (Å²) in [5.41, 5.74) is 3.70. The van der Waals surface area contributed by atoms with Gasteiger partial charge in [-0.15, -0.1) is 0 Å². The number of ether oxygens (including phenoxy) is 1. The molecule has 1 atom stereocenters. The van der Waals surface area contributed by atoms with E-state index in [2.05, 4.69) is 56.4 Å². The molecule has 3 heteroatoms. The van der Waals surface area contributed by atoms with Gasteiger partial charge in [-0.3, -0.25) is 0 Å². The van der Waals surface area contributed by atoms with E-state index in [0.29, 0.717) is 12.6 Å². The highest BCUT2D eigenvalue weighted by Crippen LogP contribution is 2.25. The zero-order chi connectivity index (χ0) is 12.1. The van der Waals surface area contributed by atoms with Crippen LogP contribution in [0.3, 0.4) is 0 Å². The van der Waals surface area contributed by atoms with Crippen LogP contribution in [0, 0.1) is 6.92 Å². The fourth-order valence-corrected chi connectivity index (χ4v) is 1.82. The van der Waals surface area contributed by atoms with Crippen LogP contribution in [-0.2, 0) is 4.74 Å². The average Bonchev–Trinajstić information content (AvgIpc) is 2.21. The van der Waals surface area contributed by atoms with Gasteiger partial charge >= 0.3 is 0 Å². The standard InChI is InChI=1S/C13H22N2O/c1-10(9-16-5)14-12-7-6-8-13(11(12)2)15(3)4/h6-8,10,14H,9H2,1-5H3. The highest BCUT2D eigenvalue weighted by Gasteiger charge is 2.07. The Labute approximate surface area is 98.4 Å². The van der Waals surface area contributed by atoms with Crippen LogP contribution in [0.2, 0.25) is 0 Å². The molecule has 0 radical (unpaired) electrons. The summed E-state index contributed by atoms with van der Waals surface area (Å²) < 4.78 is 5.12. The van der Waals surface area contributed by atoms with Gasteiger partial charge in [0.15, 0.2) is 0 Å². The van der Waals surface area contributed by atoms with Gasteiger partial charge in [-0.05, 0) is 31.5 Å². The topological polar surface area (TPSA) is 24.5 Å². The molecule has 1 unspecified atom stereocenters. The Morgan fingerprint density at radius 1 is 1.38 bits per heavy atom. The third-order valence-electron chi connectivity index (χ3n) is 2.61. The minimum absolute atomic E-state index is 0.320. The Hall–Kier alpha value is -1.22. The van der Waals surface area contributed by atoms with Gasteiger partial charge in [0.1, 0.15) is 0 Å². The summed E-state index contributed by atoms with van der Waals surface area (Å²) in [4.78, 5) is 2.13. The molecule has 0 fully saturated rings. The quantitative estimate of drug-likeness (QED) is 0.828. The second-order valence-corrected chi connectivity index (χ2v) is 4.34. The number of rotatable bonds is 5. The first kappa shape index (κ1) is 12.8. The van der Waals surface area contributed by atoms with Gasteiger partial charge in [-0.2, -0.15) is 0 Å². The molecule has 0 spiro atoms. The first-order valence-corrected chi connectivity index (χ1v) is 5.58. The van der Waals surface area contributed by atoms with Crippen LogP contribution >= 0.6 is 0 Å². The fraction of sp³-hybridized carbons (Fsp3) is 0.538. The maximum atomic E-state index is 5.12. The molecule has 1 rings (SSSR count). The molecule has 16 heavy (non-hydrogen) atoms. The molecule has 0 amide bonds. The Bertz CT molecular complexity index is 337. The van der Waals surface area contributed by atoms with Crippen molar-refractivity contribution in [3.05, 3.63) is 23.8 Å². The van der Waals surface area contributed by atoms with Crippen molar-refractivity contribution in [2.45, 2.75) is 19.9 Å². The minimum atomic E-state index is 0.320. The molecule has 3 nitrogen and oxygen atoms in total. The van der Waals surface area contributed by atoms with E-state index in [1.807, 2.05) is 0 Å². The summed E-state index contributed by atoms with van der Waals surface area (Å²) in [6, 6.07) is 6.63. The zero-order valence-electron chi connectivity index (χ0n) is 10.9. The normalized spacial score (nSPS) is 12.3. The molecule has 0 aromatic heterocycles.